The van der Waals surface area contributed by atoms with Crippen LogP contribution in [-0.2, 0) is 6.54 Å². The van der Waals surface area contributed by atoms with Gasteiger partial charge in [0.15, 0.2) is 0 Å². The molecule has 15 heavy (non-hydrogen) atoms. The van der Waals surface area contributed by atoms with Crippen molar-refractivity contribution in [3.05, 3.63) is 24.0 Å². The average molecular weight is 200 g/mol. The molecule has 0 bridgehead atoms. The van der Waals surface area contributed by atoms with E-state index in [1.54, 1.807) is 6.20 Å². The van der Waals surface area contributed by atoms with E-state index in [0.29, 0.717) is 0 Å². The Morgan fingerprint density at radius 3 is 2.87 bits per heavy atom. The molecule has 2 radical (unpaired) electrons. The van der Waals surface area contributed by atoms with Crippen LogP contribution in [0.4, 0.5) is 0 Å². The Morgan fingerprint density at radius 2 is 2.13 bits per heavy atom. The van der Waals surface area contributed by atoms with E-state index in [1.165, 1.54) is 31.2 Å². The maximum atomic E-state index is 5.66. The molecule has 1 N–H and O–H groups in total. The average Bonchev–Trinajstić information content (AvgIpc) is 2.71. The van der Waals surface area contributed by atoms with Crippen molar-refractivity contribution in [2.24, 2.45) is 5.92 Å². The first-order valence-electron chi connectivity index (χ1n) is 5.75. The predicted molar refractivity (Wildman–Crippen MR) is 63.3 cm³/mol. The van der Waals surface area contributed by atoms with Crippen molar-refractivity contribution in [2.45, 2.75) is 32.2 Å². The summed E-state index contributed by atoms with van der Waals surface area (Å²) in [5, 5.41) is 3.48. The minimum absolute atomic E-state index is 0.746. The predicted octanol–water partition coefficient (Wildman–Crippen LogP) is 1.16. The number of aromatic nitrogens is 1. The van der Waals surface area contributed by atoms with Crippen molar-refractivity contribution in [2.75, 3.05) is 6.54 Å². The van der Waals surface area contributed by atoms with E-state index < -0.39 is 0 Å². The summed E-state index contributed by atoms with van der Waals surface area (Å²) >= 11 is 0. The Morgan fingerprint density at radius 1 is 1.33 bits per heavy atom. The molecule has 1 aromatic rings. The van der Waals surface area contributed by atoms with E-state index >= 15 is 0 Å². The Hall–Kier alpha value is -0.825. The van der Waals surface area contributed by atoms with Crippen LogP contribution in [0.5, 0.6) is 0 Å². The molecule has 0 aliphatic heterocycles. The second-order valence-electron chi connectivity index (χ2n) is 4.41. The van der Waals surface area contributed by atoms with Crippen LogP contribution >= 0.6 is 0 Å². The van der Waals surface area contributed by atoms with E-state index in [2.05, 4.69) is 10.3 Å². The molecule has 2 nitrogen and oxygen atoms in total. The highest BCUT2D eigenvalue weighted by Crippen LogP contribution is 2.23. The largest absolute Gasteiger partial charge is 0.312 e. The number of pyridine rings is 1. The van der Waals surface area contributed by atoms with E-state index in [-0.39, 0.29) is 0 Å². The summed E-state index contributed by atoms with van der Waals surface area (Å²) in [4.78, 5) is 4.07. The quantitative estimate of drug-likeness (QED) is 0.737. The van der Waals surface area contributed by atoms with Gasteiger partial charge in [0, 0.05) is 18.9 Å². The molecule has 0 amide bonds. The molecular formula is C12H17BN2. The number of hydrogen-bond acceptors (Lipinski definition) is 2. The summed E-state index contributed by atoms with van der Waals surface area (Å²) in [6.45, 7) is 2.02. The van der Waals surface area contributed by atoms with Crippen molar-refractivity contribution >= 4 is 13.3 Å². The molecule has 3 heteroatoms. The van der Waals surface area contributed by atoms with Gasteiger partial charge in [-0.05, 0) is 30.9 Å². The van der Waals surface area contributed by atoms with E-state index in [0.717, 1.165) is 24.5 Å². The zero-order chi connectivity index (χ0) is 10.5. The van der Waals surface area contributed by atoms with Gasteiger partial charge >= 0.3 is 0 Å². The molecule has 0 spiro atoms. The van der Waals surface area contributed by atoms with E-state index in [1.807, 2.05) is 12.3 Å². The lowest BCUT2D eigenvalue weighted by Gasteiger charge is -2.10. The van der Waals surface area contributed by atoms with Gasteiger partial charge in [0.1, 0.15) is 7.85 Å². The molecule has 1 fully saturated rings. The molecule has 0 atom stereocenters. The molecule has 1 heterocycles. The van der Waals surface area contributed by atoms with Gasteiger partial charge in [0.25, 0.3) is 0 Å². The van der Waals surface area contributed by atoms with Crippen LogP contribution in [0.1, 0.15) is 31.2 Å². The van der Waals surface area contributed by atoms with Crippen LogP contribution in [-0.4, -0.2) is 19.4 Å². The zero-order valence-electron chi connectivity index (χ0n) is 9.08. The van der Waals surface area contributed by atoms with Gasteiger partial charge < -0.3 is 5.32 Å². The zero-order valence-corrected chi connectivity index (χ0v) is 9.08. The minimum Gasteiger partial charge on any atom is -0.312 e. The van der Waals surface area contributed by atoms with Gasteiger partial charge in [-0.2, -0.15) is 0 Å². The third kappa shape index (κ3) is 3.35. The Kier molecular flexibility index (Phi) is 3.78. The lowest BCUT2D eigenvalue weighted by molar-refractivity contribution is 0.489. The van der Waals surface area contributed by atoms with Crippen molar-refractivity contribution in [3.63, 3.8) is 0 Å². The van der Waals surface area contributed by atoms with Crippen LogP contribution in [0, 0.1) is 5.92 Å². The van der Waals surface area contributed by atoms with Gasteiger partial charge in [-0.3, -0.25) is 4.98 Å². The van der Waals surface area contributed by atoms with E-state index in [4.69, 9.17) is 7.85 Å². The highest BCUT2D eigenvalue weighted by Gasteiger charge is 2.13. The first-order chi connectivity index (χ1) is 7.34. The highest BCUT2D eigenvalue weighted by atomic mass is 14.9. The van der Waals surface area contributed by atoms with Gasteiger partial charge in [-0.1, -0.05) is 24.4 Å². The standard InChI is InChI=1S/C12H17BN2/c13-12-5-11(8-15-9-12)7-14-6-10-3-1-2-4-10/h5,8-10,14H,1-4,6-7H2. The molecule has 1 aromatic heterocycles. The van der Waals surface area contributed by atoms with Crippen LogP contribution in [0.25, 0.3) is 0 Å². The lowest BCUT2D eigenvalue weighted by atomic mass is 9.97. The number of rotatable bonds is 4. The molecule has 0 unspecified atom stereocenters. The Bertz CT molecular complexity index is 308. The second-order valence-corrected chi connectivity index (χ2v) is 4.41. The third-order valence-electron chi connectivity index (χ3n) is 3.05. The number of hydrogen-bond donors (Lipinski definition) is 1. The molecule has 0 aromatic carbocycles. The fourth-order valence-electron chi connectivity index (χ4n) is 2.24. The van der Waals surface area contributed by atoms with E-state index in [9.17, 15) is 0 Å². The van der Waals surface area contributed by atoms with Crippen molar-refractivity contribution in [1.82, 2.24) is 10.3 Å². The monoisotopic (exact) mass is 200 g/mol. The van der Waals surface area contributed by atoms with Gasteiger partial charge in [-0.15, -0.1) is 0 Å². The number of nitrogens with one attached hydrogen (secondary N) is 1. The molecular weight excluding hydrogens is 183 g/mol. The minimum atomic E-state index is 0.746. The molecule has 2 rings (SSSR count). The highest BCUT2D eigenvalue weighted by molar-refractivity contribution is 6.32. The summed E-state index contributed by atoms with van der Waals surface area (Å²) in [5.41, 5.74) is 1.92. The molecule has 1 aliphatic rings. The first kappa shape index (κ1) is 10.7. The van der Waals surface area contributed by atoms with Gasteiger partial charge in [0.2, 0.25) is 0 Å². The van der Waals surface area contributed by atoms with Crippen LogP contribution in [0.3, 0.4) is 0 Å². The fraction of sp³-hybridized carbons (Fsp3) is 0.583. The molecule has 78 valence electrons. The summed E-state index contributed by atoms with van der Waals surface area (Å²) in [6, 6.07) is 1.98. The fourth-order valence-corrected chi connectivity index (χ4v) is 2.24. The summed E-state index contributed by atoms with van der Waals surface area (Å²) < 4.78 is 0. The maximum absolute atomic E-state index is 5.66. The number of nitrogens with zero attached hydrogens (tertiary/aromatic N) is 1. The van der Waals surface area contributed by atoms with Crippen molar-refractivity contribution < 1.29 is 0 Å². The summed E-state index contributed by atoms with van der Waals surface area (Å²) in [5.74, 6) is 0.888. The topological polar surface area (TPSA) is 24.9 Å². The first-order valence-corrected chi connectivity index (χ1v) is 5.75. The van der Waals surface area contributed by atoms with Gasteiger partial charge in [0.05, 0.1) is 0 Å². The molecule has 1 aliphatic carbocycles. The van der Waals surface area contributed by atoms with Crippen molar-refractivity contribution in [1.29, 1.82) is 0 Å². The second kappa shape index (κ2) is 5.31. The normalized spacial score (nSPS) is 17.1. The molecule has 0 saturated heterocycles. The summed E-state index contributed by atoms with van der Waals surface area (Å²) in [6.07, 6.45) is 9.15. The Balaban J connectivity index is 1.73. The third-order valence-corrected chi connectivity index (χ3v) is 3.05. The smallest absolute Gasteiger partial charge is 0.115 e. The Labute approximate surface area is 92.9 Å². The lowest BCUT2D eigenvalue weighted by Crippen LogP contribution is -2.21. The van der Waals surface area contributed by atoms with Crippen LogP contribution in [0.15, 0.2) is 18.5 Å². The summed E-state index contributed by atoms with van der Waals surface area (Å²) in [7, 11) is 5.66. The van der Waals surface area contributed by atoms with Crippen LogP contribution in [0.2, 0.25) is 0 Å². The van der Waals surface area contributed by atoms with Gasteiger partial charge in [-0.25, -0.2) is 0 Å². The maximum Gasteiger partial charge on any atom is 0.115 e. The van der Waals surface area contributed by atoms with Crippen molar-refractivity contribution in [3.8, 4) is 0 Å². The van der Waals surface area contributed by atoms with Crippen LogP contribution < -0.4 is 10.8 Å². The molecule has 1 saturated carbocycles. The SMILES string of the molecule is [B]c1cncc(CNCC2CCCC2)c1.